The molecule has 1 aromatic carbocycles. The third-order valence-electron chi connectivity index (χ3n) is 4.82. The summed E-state index contributed by atoms with van der Waals surface area (Å²) in [5.41, 5.74) is 0.772. The SMILES string of the molecule is Fc1ccc2oc(CN3CCC(N4CCNCC4)C3)cc2c1. The van der Waals surface area contributed by atoms with Crippen molar-refractivity contribution in [2.75, 3.05) is 39.3 Å². The molecule has 0 radical (unpaired) electrons. The summed E-state index contributed by atoms with van der Waals surface area (Å²) in [6.45, 7) is 7.55. The lowest BCUT2D eigenvalue weighted by molar-refractivity contribution is 0.169. The maximum atomic E-state index is 13.2. The Morgan fingerprint density at radius 3 is 2.91 bits per heavy atom. The van der Waals surface area contributed by atoms with E-state index in [9.17, 15) is 4.39 Å². The Balaban J connectivity index is 1.40. The first-order valence-corrected chi connectivity index (χ1v) is 8.13. The molecule has 2 saturated heterocycles. The van der Waals surface area contributed by atoms with Crippen LogP contribution in [0.1, 0.15) is 12.2 Å². The Bertz CT molecular complexity index is 650. The van der Waals surface area contributed by atoms with Crippen LogP contribution in [-0.4, -0.2) is 55.1 Å². The Kier molecular flexibility index (Phi) is 3.86. The van der Waals surface area contributed by atoms with E-state index in [1.165, 1.54) is 18.6 Å². The van der Waals surface area contributed by atoms with Gasteiger partial charge in [-0.2, -0.15) is 0 Å². The van der Waals surface area contributed by atoms with Gasteiger partial charge in [0, 0.05) is 50.7 Å². The minimum Gasteiger partial charge on any atom is -0.460 e. The molecular formula is C17H22FN3O. The zero-order chi connectivity index (χ0) is 14.9. The number of halogens is 1. The molecule has 0 spiro atoms. The van der Waals surface area contributed by atoms with Crippen molar-refractivity contribution in [1.29, 1.82) is 0 Å². The summed E-state index contributed by atoms with van der Waals surface area (Å²) < 4.78 is 19.1. The third kappa shape index (κ3) is 2.89. The topological polar surface area (TPSA) is 31.7 Å². The maximum Gasteiger partial charge on any atom is 0.134 e. The Labute approximate surface area is 129 Å². The first kappa shape index (κ1) is 14.2. The molecule has 2 aliphatic heterocycles. The predicted octanol–water partition coefficient (Wildman–Crippen LogP) is 2.05. The number of hydrogen-bond acceptors (Lipinski definition) is 4. The van der Waals surface area contributed by atoms with Gasteiger partial charge in [-0.15, -0.1) is 0 Å². The smallest absolute Gasteiger partial charge is 0.134 e. The quantitative estimate of drug-likeness (QED) is 0.940. The van der Waals surface area contributed by atoms with Gasteiger partial charge in [0.05, 0.1) is 6.54 Å². The number of rotatable bonds is 3. The number of furan rings is 1. The van der Waals surface area contributed by atoms with Crippen molar-refractivity contribution in [3.8, 4) is 0 Å². The normalized spacial score (nSPS) is 24.3. The van der Waals surface area contributed by atoms with Crippen molar-refractivity contribution in [3.05, 3.63) is 35.8 Å². The second-order valence-electron chi connectivity index (χ2n) is 6.36. The minimum atomic E-state index is -0.209. The zero-order valence-electron chi connectivity index (χ0n) is 12.7. The number of nitrogens with zero attached hydrogens (tertiary/aromatic N) is 2. The molecule has 0 bridgehead atoms. The number of piperazine rings is 1. The van der Waals surface area contributed by atoms with Crippen LogP contribution < -0.4 is 5.32 Å². The highest BCUT2D eigenvalue weighted by atomic mass is 19.1. The lowest BCUT2D eigenvalue weighted by atomic mass is 10.2. The van der Waals surface area contributed by atoms with E-state index < -0.39 is 0 Å². The van der Waals surface area contributed by atoms with Crippen LogP contribution >= 0.6 is 0 Å². The molecule has 2 fully saturated rings. The lowest BCUT2D eigenvalue weighted by Gasteiger charge is -2.32. The average Bonchev–Trinajstić information content (AvgIpc) is 3.14. The molecule has 22 heavy (non-hydrogen) atoms. The molecule has 1 unspecified atom stereocenters. The van der Waals surface area contributed by atoms with Gasteiger partial charge in [0.2, 0.25) is 0 Å². The molecule has 1 N–H and O–H groups in total. The second-order valence-corrected chi connectivity index (χ2v) is 6.36. The molecular weight excluding hydrogens is 281 g/mol. The van der Waals surface area contributed by atoms with Gasteiger partial charge in [-0.05, 0) is 30.7 Å². The van der Waals surface area contributed by atoms with E-state index in [1.54, 1.807) is 6.07 Å². The number of hydrogen-bond donors (Lipinski definition) is 1. The van der Waals surface area contributed by atoms with Crippen molar-refractivity contribution < 1.29 is 8.81 Å². The predicted molar refractivity (Wildman–Crippen MR) is 84.3 cm³/mol. The van der Waals surface area contributed by atoms with E-state index in [2.05, 4.69) is 15.1 Å². The first-order chi connectivity index (χ1) is 10.8. The average molecular weight is 303 g/mol. The van der Waals surface area contributed by atoms with Crippen molar-refractivity contribution in [2.45, 2.75) is 19.0 Å². The van der Waals surface area contributed by atoms with Gasteiger partial charge in [-0.3, -0.25) is 9.80 Å². The molecule has 0 amide bonds. The molecule has 1 atom stereocenters. The van der Waals surface area contributed by atoms with Crippen LogP contribution in [0.3, 0.4) is 0 Å². The van der Waals surface area contributed by atoms with Gasteiger partial charge in [-0.25, -0.2) is 4.39 Å². The molecule has 2 aromatic rings. The number of fused-ring (bicyclic) bond motifs is 1. The minimum absolute atomic E-state index is 0.209. The summed E-state index contributed by atoms with van der Waals surface area (Å²) >= 11 is 0. The summed E-state index contributed by atoms with van der Waals surface area (Å²) in [5, 5.41) is 4.26. The van der Waals surface area contributed by atoms with Crippen LogP contribution in [0, 0.1) is 5.82 Å². The molecule has 1 aromatic heterocycles. The molecule has 4 nitrogen and oxygen atoms in total. The molecule has 0 aliphatic carbocycles. The highest BCUT2D eigenvalue weighted by molar-refractivity contribution is 5.77. The van der Waals surface area contributed by atoms with Crippen LogP contribution in [0.15, 0.2) is 28.7 Å². The standard InChI is InChI=1S/C17H22FN3O/c18-14-1-2-17-13(9-14)10-16(22-17)12-20-6-3-15(11-20)21-7-4-19-5-8-21/h1-2,9-10,15,19H,3-8,11-12H2. The molecule has 0 saturated carbocycles. The van der Waals surface area contributed by atoms with Crippen LogP contribution in [0.25, 0.3) is 11.0 Å². The van der Waals surface area contributed by atoms with Crippen molar-refractivity contribution in [3.63, 3.8) is 0 Å². The Morgan fingerprint density at radius 2 is 2.05 bits per heavy atom. The molecule has 2 aliphatic rings. The highest BCUT2D eigenvalue weighted by Gasteiger charge is 2.28. The largest absolute Gasteiger partial charge is 0.460 e. The van der Waals surface area contributed by atoms with E-state index in [1.807, 2.05) is 6.07 Å². The van der Waals surface area contributed by atoms with Gasteiger partial charge in [0.15, 0.2) is 0 Å². The number of benzene rings is 1. The van der Waals surface area contributed by atoms with E-state index in [4.69, 9.17) is 4.42 Å². The fourth-order valence-electron chi connectivity index (χ4n) is 3.67. The van der Waals surface area contributed by atoms with Gasteiger partial charge >= 0.3 is 0 Å². The van der Waals surface area contributed by atoms with Crippen molar-refractivity contribution >= 4 is 11.0 Å². The van der Waals surface area contributed by atoms with Crippen molar-refractivity contribution in [1.82, 2.24) is 15.1 Å². The Hall–Kier alpha value is -1.43. The summed E-state index contributed by atoms with van der Waals surface area (Å²) in [5.74, 6) is 0.723. The zero-order valence-corrected chi connectivity index (χ0v) is 12.7. The van der Waals surface area contributed by atoms with E-state index in [0.29, 0.717) is 6.04 Å². The van der Waals surface area contributed by atoms with Gasteiger partial charge in [0.1, 0.15) is 17.2 Å². The second kappa shape index (κ2) is 5.99. The van der Waals surface area contributed by atoms with Gasteiger partial charge in [0.25, 0.3) is 0 Å². The third-order valence-corrected chi connectivity index (χ3v) is 4.82. The fourth-order valence-corrected chi connectivity index (χ4v) is 3.67. The van der Waals surface area contributed by atoms with Gasteiger partial charge < -0.3 is 9.73 Å². The number of nitrogens with one attached hydrogen (secondary N) is 1. The highest BCUT2D eigenvalue weighted by Crippen LogP contribution is 2.24. The Morgan fingerprint density at radius 1 is 1.18 bits per heavy atom. The molecule has 118 valence electrons. The summed E-state index contributed by atoms with van der Waals surface area (Å²) in [6, 6.07) is 7.34. The molecule has 4 rings (SSSR count). The van der Waals surface area contributed by atoms with Crippen molar-refractivity contribution in [2.24, 2.45) is 0 Å². The van der Waals surface area contributed by atoms with E-state index >= 15 is 0 Å². The van der Waals surface area contributed by atoms with Crippen LogP contribution in [0.2, 0.25) is 0 Å². The fraction of sp³-hybridized carbons (Fsp3) is 0.529. The summed E-state index contributed by atoms with van der Waals surface area (Å²) in [7, 11) is 0. The summed E-state index contributed by atoms with van der Waals surface area (Å²) in [6.07, 6.45) is 1.23. The lowest BCUT2D eigenvalue weighted by Crippen LogP contribution is -2.49. The van der Waals surface area contributed by atoms with E-state index in [0.717, 1.165) is 62.5 Å². The van der Waals surface area contributed by atoms with Crippen LogP contribution in [-0.2, 0) is 6.54 Å². The van der Waals surface area contributed by atoms with Gasteiger partial charge in [-0.1, -0.05) is 0 Å². The van der Waals surface area contributed by atoms with E-state index in [-0.39, 0.29) is 5.82 Å². The monoisotopic (exact) mass is 303 g/mol. The number of likely N-dealkylation sites (tertiary alicyclic amines) is 1. The first-order valence-electron chi connectivity index (χ1n) is 8.13. The molecule has 3 heterocycles. The van der Waals surface area contributed by atoms with Crippen LogP contribution in [0.5, 0.6) is 0 Å². The maximum absolute atomic E-state index is 13.2. The summed E-state index contributed by atoms with van der Waals surface area (Å²) in [4.78, 5) is 5.05. The molecule has 5 heteroatoms. The van der Waals surface area contributed by atoms with Crippen LogP contribution in [0.4, 0.5) is 4.39 Å².